The van der Waals surface area contributed by atoms with Crippen molar-refractivity contribution in [3.05, 3.63) is 0 Å². The molecule has 1 heterocycles. The maximum absolute atomic E-state index is 2.65. The van der Waals surface area contributed by atoms with E-state index in [1.165, 1.54) is 38.8 Å². The molecule has 0 bridgehead atoms. The number of nitrogens with zero attached hydrogens (tertiary/aromatic N) is 1. The highest BCUT2D eigenvalue weighted by Crippen LogP contribution is 2.32. The lowest BCUT2D eigenvalue weighted by Gasteiger charge is -2.34. The Balaban J connectivity index is 2.59. The minimum atomic E-state index is 0.584. The quantitative estimate of drug-likeness (QED) is 0.635. The molecule has 0 radical (unpaired) electrons. The van der Waals surface area contributed by atoms with Crippen LogP contribution in [0.4, 0.5) is 0 Å². The monoisotopic (exact) mass is 183 g/mol. The Labute approximate surface area is 83.5 Å². The van der Waals surface area contributed by atoms with Crippen LogP contribution in [0, 0.1) is 5.41 Å². The van der Waals surface area contributed by atoms with Crippen molar-refractivity contribution in [3.63, 3.8) is 0 Å². The molecule has 0 amide bonds. The standard InChI is InChI=1S/C12H25N/c1-5-12(4)8-6-7-9-13(10-12)11(2)3/h11H,5-10H2,1-4H3. The molecule has 1 aliphatic rings. The molecular formula is C12H25N. The van der Waals surface area contributed by atoms with Crippen LogP contribution in [0.1, 0.15) is 53.4 Å². The Kier molecular flexibility index (Phi) is 3.78. The van der Waals surface area contributed by atoms with E-state index in [4.69, 9.17) is 0 Å². The van der Waals surface area contributed by atoms with Gasteiger partial charge in [0.25, 0.3) is 0 Å². The fraction of sp³-hybridized carbons (Fsp3) is 1.00. The summed E-state index contributed by atoms with van der Waals surface area (Å²) < 4.78 is 0. The molecule has 0 aliphatic carbocycles. The summed E-state index contributed by atoms with van der Waals surface area (Å²) in [5.41, 5.74) is 0.584. The van der Waals surface area contributed by atoms with Gasteiger partial charge >= 0.3 is 0 Å². The zero-order valence-corrected chi connectivity index (χ0v) is 9.77. The zero-order chi connectivity index (χ0) is 9.90. The lowest BCUT2D eigenvalue weighted by atomic mass is 9.83. The first-order chi connectivity index (χ1) is 6.07. The fourth-order valence-electron chi connectivity index (χ4n) is 2.24. The minimum Gasteiger partial charge on any atom is -0.300 e. The van der Waals surface area contributed by atoms with Crippen LogP contribution in [-0.4, -0.2) is 24.0 Å². The van der Waals surface area contributed by atoms with Crippen molar-refractivity contribution >= 4 is 0 Å². The average molecular weight is 183 g/mol. The molecule has 1 rings (SSSR count). The van der Waals surface area contributed by atoms with Crippen LogP contribution in [-0.2, 0) is 0 Å². The van der Waals surface area contributed by atoms with Gasteiger partial charge in [-0.1, -0.05) is 20.3 Å². The summed E-state index contributed by atoms with van der Waals surface area (Å²) in [7, 11) is 0. The molecule has 0 aromatic rings. The third-order valence-electron chi connectivity index (χ3n) is 3.64. The van der Waals surface area contributed by atoms with Gasteiger partial charge in [-0.05, 0) is 45.1 Å². The SMILES string of the molecule is CCC1(C)CCCCN(C(C)C)C1. The molecule has 78 valence electrons. The van der Waals surface area contributed by atoms with Crippen molar-refractivity contribution in [2.45, 2.75) is 59.4 Å². The first kappa shape index (κ1) is 11.0. The minimum absolute atomic E-state index is 0.584. The molecule has 1 saturated heterocycles. The Morgan fingerprint density at radius 1 is 1.31 bits per heavy atom. The van der Waals surface area contributed by atoms with Gasteiger partial charge in [0.1, 0.15) is 0 Å². The molecule has 1 fully saturated rings. The van der Waals surface area contributed by atoms with Gasteiger partial charge in [-0.2, -0.15) is 0 Å². The predicted octanol–water partition coefficient (Wildman–Crippen LogP) is 3.30. The van der Waals surface area contributed by atoms with Crippen molar-refractivity contribution < 1.29 is 0 Å². The molecule has 1 aliphatic heterocycles. The van der Waals surface area contributed by atoms with Crippen LogP contribution in [0.25, 0.3) is 0 Å². The molecule has 0 N–H and O–H groups in total. The van der Waals surface area contributed by atoms with E-state index in [0.29, 0.717) is 5.41 Å². The summed E-state index contributed by atoms with van der Waals surface area (Å²) in [6.07, 6.45) is 5.57. The highest BCUT2D eigenvalue weighted by Gasteiger charge is 2.28. The Hall–Kier alpha value is -0.0400. The molecule has 1 atom stereocenters. The Morgan fingerprint density at radius 3 is 2.54 bits per heavy atom. The van der Waals surface area contributed by atoms with Crippen LogP contribution in [0.5, 0.6) is 0 Å². The maximum atomic E-state index is 2.65. The van der Waals surface area contributed by atoms with Gasteiger partial charge in [-0.3, -0.25) is 0 Å². The Morgan fingerprint density at radius 2 is 2.00 bits per heavy atom. The molecule has 0 aromatic carbocycles. The third-order valence-corrected chi connectivity index (χ3v) is 3.64. The molecule has 0 spiro atoms. The van der Waals surface area contributed by atoms with E-state index in [1.54, 1.807) is 0 Å². The lowest BCUT2D eigenvalue weighted by Crippen LogP contribution is -2.38. The summed E-state index contributed by atoms with van der Waals surface area (Å²) in [5, 5.41) is 0. The molecule has 0 aromatic heterocycles. The topological polar surface area (TPSA) is 3.24 Å². The number of hydrogen-bond donors (Lipinski definition) is 0. The van der Waals surface area contributed by atoms with Gasteiger partial charge in [0.05, 0.1) is 0 Å². The van der Waals surface area contributed by atoms with E-state index in [0.717, 1.165) is 6.04 Å². The second-order valence-electron chi connectivity index (χ2n) is 5.19. The van der Waals surface area contributed by atoms with Gasteiger partial charge in [-0.15, -0.1) is 0 Å². The van der Waals surface area contributed by atoms with Crippen molar-refractivity contribution in [2.24, 2.45) is 5.41 Å². The highest BCUT2D eigenvalue weighted by molar-refractivity contribution is 4.81. The van der Waals surface area contributed by atoms with Crippen LogP contribution < -0.4 is 0 Å². The van der Waals surface area contributed by atoms with Crippen LogP contribution in [0.2, 0.25) is 0 Å². The molecule has 13 heavy (non-hydrogen) atoms. The number of hydrogen-bond acceptors (Lipinski definition) is 1. The van der Waals surface area contributed by atoms with E-state index in [2.05, 4.69) is 32.6 Å². The van der Waals surface area contributed by atoms with E-state index >= 15 is 0 Å². The van der Waals surface area contributed by atoms with Gasteiger partial charge < -0.3 is 4.90 Å². The predicted molar refractivity (Wildman–Crippen MR) is 59.0 cm³/mol. The highest BCUT2D eigenvalue weighted by atomic mass is 15.2. The summed E-state index contributed by atoms with van der Waals surface area (Å²) in [6.45, 7) is 12.1. The van der Waals surface area contributed by atoms with Crippen LogP contribution >= 0.6 is 0 Å². The molecule has 0 saturated carbocycles. The van der Waals surface area contributed by atoms with E-state index in [-0.39, 0.29) is 0 Å². The van der Waals surface area contributed by atoms with Crippen molar-refractivity contribution in [3.8, 4) is 0 Å². The van der Waals surface area contributed by atoms with Gasteiger partial charge in [0.15, 0.2) is 0 Å². The fourth-order valence-corrected chi connectivity index (χ4v) is 2.24. The normalized spacial score (nSPS) is 32.1. The zero-order valence-electron chi connectivity index (χ0n) is 9.77. The molecule has 1 heteroatoms. The number of likely N-dealkylation sites (tertiary alicyclic amines) is 1. The van der Waals surface area contributed by atoms with Crippen LogP contribution in [0.15, 0.2) is 0 Å². The van der Waals surface area contributed by atoms with E-state index < -0.39 is 0 Å². The summed E-state index contributed by atoms with van der Waals surface area (Å²) in [4.78, 5) is 2.65. The van der Waals surface area contributed by atoms with E-state index in [1.807, 2.05) is 0 Å². The molecule has 1 nitrogen and oxygen atoms in total. The summed E-state index contributed by atoms with van der Waals surface area (Å²) in [6, 6.07) is 0.726. The second kappa shape index (κ2) is 4.45. The van der Waals surface area contributed by atoms with Crippen molar-refractivity contribution in [2.75, 3.05) is 13.1 Å². The first-order valence-electron chi connectivity index (χ1n) is 5.81. The molecular weight excluding hydrogens is 158 g/mol. The largest absolute Gasteiger partial charge is 0.300 e. The Bertz CT molecular complexity index is 153. The van der Waals surface area contributed by atoms with E-state index in [9.17, 15) is 0 Å². The summed E-state index contributed by atoms with van der Waals surface area (Å²) >= 11 is 0. The summed E-state index contributed by atoms with van der Waals surface area (Å²) in [5.74, 6) is 0. The van der Waals surface area contributed by atoms with Crippen LogP contribution in [0.3, 0.4) is 0 Å². The molecule has 1 unspecified atom stereocenters. The van der Waals surface area contributed by atoms with Gasteiger partial charge in [0, 0.05) is 12.6 Å². The number of rotatable bonds is 2. The first-order valence-corrected chi connectivity index (χ1v) is 5.81. The van der Waals surface area contributed by atoms with Crippen molar-refractivity contribution in [1.29, 1.82) is 0 Å². The maximum Gasteiger partial charge on any atom is 0.00388 e. The third kappa shape index (κ3) is 2.98. The van der Waals surface area contributed by atoms with Gasteiger partial charge in [-0.25, -0.2) is 0 Å². The smallest absolute Gasteiger partial charge is 0.00388 e. The lowest BCUT2D eigenvalue weighted by molar-refractivity contribution is 0.144. The average Bonchev–Trinajstić information content (AvgIpc) is 2.28. The van der Waals surface area contributed by atoms with Crippen molar-refractivity contribution in [1.82, 2.24) is 4.90 Å². The second-order valence-corrected chi connectivity index (χ2v) is 5.19. The van der Waals surface area contributed by atoms with Gasteiger partial charge in [0.2, 0.25) is 0 Å².